The van der Waals surface area contributed by atoms with Gasteiger partial charge in [0.25, 0.3) is 0 Å². The Labute approximate surface area is 133 Å². The average Bonchev–Trinajstić information content (AvgIpc) is 3.00. The molecule has 0 amide bonds. The molecule has 0 fully saturated rings. The van der Waals surface area contributed by atoms with Gasteiger partial charge >= 0.3 is 0 Å². The summed E-state index contributed by atoms with van der Waals surface area (Å²) in [5, 5.41) is 12.7. The van der Waals surface area contributed by atoms with E-state index in [2.05, 4.69) is 34.4 Å². The van der Waals surface area contributed by atoms with Gasteiger partial charge in [-0.1, -0.05) is 0 Å². The number of aromatic nitrogens is 5. The number of benzene rings is 1. The molecule has 1 N–H and O–H groups in total. The molecule has 0 unspecified atom stereocenters. The zero-order valence-corrected chi connectivity index (χ0v) is 13.2. The topological polar surface area (TPSA) is 85.7 Å². The summed E-state index contributed by atoms with van der Waals surface area (Å²) in [5.74, 6) is 1.66. The highest BCUT2D eigenvalue weighted by Crippen LogP contribution is 2.18. The highest BCUT2D eigenvalue weighted by molar-refractivity contribution is 5.79. The van der Waals surface area contributed by atoms with Crippen LogP contribution >= 0.6 is 0 Å². The molecule has 0 saturated heterocycles. The van der Waals surface area contributed by atoms with Crippen LogP contribution in [0, 0.1) is 0 Å². The standard InChI is InChI=1S/C16H19N5O2/c1-11(2)21-15(18-19-20-21)4-3-9-23-13-6-7-14-12(10-13)5-8-16(22)17-14/h5-8,10-11H,3-4,9H2,1-2H3,(H,17,22). The van der Waals surface area contributed by atoms with Crippen molar-refractivity contribution in [2.45, 2.75) is 32.7 Å². The number of hydrogen-bond acceptors (Lipinski definition) is 5. The second-order valence-electron chi connectivity index (χ2n) is 5.66. The van der Waals surface area contributed by atoms with Gasteiger partial charge in [0.2, 0.25) is 5.56 Å². The van der Waals surface area contributed by atoms with Crippen LogP contribution in [0.15, 0.2) is 35.1 Å². The van der Waals surface area contributed by atoms with Gasteiger partial charge in [0.1, 0.15) is 5.75 Å². The smallest absolute Gasteiger partial charge is 0.248 e. The van der Waals surface area contributed by atoms with E-state index in [4.69, 9.17) is 4.74 Å². The number of nitrogens with zero attached hydrogens (tertiary/aromatic N) is 4. The van der Waals surface area contributed by atoms with Gasteiger partial charge in [-0.3, -0.25) is 4.79 Å². The van der Waals surface area contributed by atoms with Gasteiger partial charge in [-0.2, -0.15) is 0 Å². The third-order valence-electron chi connectivity index (χ3n) is 3.56. The first-order chi connectivity index (χ1) is 11.1. The maximum absolute atomic E-state index is 11.3. The van der Waals surface area contributed by atoms with Gasteiger partial charge in [0.05, 0.1) is 12.6 Å². The number of pyridine rings is 1. The Hall–Kier alpha value is -2.70. The van der Waals surface area contributed by atoms with Gasteiger partial charge in [-0.05, 0) is 55.0 Å². The molecule has 3 rings (SSSR count). The van der Waals surface area contributed by atoms with E-state index in [1.165, 1.54) is 6.07 Å². The fourth-order valence-corrected chi connectivity index (χ4v) is 2.42. The molecule has 0 aliphatic heterocycles. The van der Waals surface area contributed by atoms with E-state index in [-0.39, 0.29) is 11.6 Å². The minimum absolute atomic E-state index is 0.103. The lowest BCUT2D eigenvalue weighted by Crippen LogP contribution is -2.10. The number of aromatic amines is 1. The minimum atomic E-state index is -0.103. The number of tetrazole rings is 1. The third kappa shape index (κ3) is 3.56. The van der Waals surface area contributed by atoms with Crippen molar-refractivity contribution in [1.82, 2.24) is 25.2 Å². The number of aryl methyl sites for hydroxylation is 1. The van der Waals surface area contributed by atoms with E-state index >= 15 is 0 Å². The summed E-state index contributed by atoms with van der Waals surface area (Å²) < 4.78 is 7.60. The zero-order chi connectivity index (χ0) is 16.2. The summed E-state index contributed by atoms with van der Waals surface area (Å²) in [7, 11) is 0. The van der Waals surface area contributed by atoms with Crippen LogP contribution < -0.4 is 10.3 Å². The number of ether oxygens (including phenoxy) is 1. The normalized spacial score (nSPS) is 11.3. The fourth-order valence-electron chi connectivity index (χ4n) is 2.42. The van der Waals surface area contributed by atoms with Crippen molar-refractivity contribution in [3.63, 3.8) is 0 Å². The predicted octanol–water partition coefficient (Wildman–Crippen LogP) is 2.11. The number of rotatable bonds is 6. The molecular formula is C16H19N5O2. The molecule has 23 heavy (non-hydrogen) atoms. The second kappa shape index (κ2) is 6.60. The molecular weight excluding hydrogens is 294 g/mol. The van der Waals surface area contributed by atoms with Crippen LogP contribution in [-0.2, 0) is 6.42 Å². The van der Waals surface area contributed by atoms with Crippen LogP contribution in [-0.4, -0.2) is 31.8 Å². The molecule has 0 aliphatic rings. The Balaban J connectivity index is 1.57. The molecule has 0 atom stereocenters. The number of nitrogens with one attached hydrogen (secondary N) is 1. The monoisotopic (exact) mass is 313 g/mol. The Morgan fingerprint density at radius 2 is 2.13 bits per heavy atom. The molecule has 2 heterocycles. The Morgan fingerprint density at radius 3 is 2.96 bits per heavy atom. The van der Waals surface area contributed by atoms with Crippen LogP contribution in [0.25, 0.3) is 10.9 Å². The van der Waals surface area contributed by atoms with Crippen LogP contribution in [0.1, 0.15) is 32.1 Å². The van der Waals surface area contributed by atoms with E-state index in [1.807, 2.05) is 22.9 Å². The molecule has 120 valence electrons. The lowest BCUT2D eigenvalue weighted by atomic mass is 10.2. The predicted molar refractivity (Wildman–Crippen MR) is 86.6 cm³/mol. The molecule has 0 saturated carbocycles. The van der Waals surface area contributed by atoms with Crippen molar-refractivity contribution in [2.24, 2.45) is 0 Å². The highest BCUT2D eigenvalue weighted by atomic mass is 16.5. The van der Waals surface area contributed by atoms with Crippen LogP contribution in [0.5, 0.6) is 5.75 Å². The van der Waals surface area contributed by atoms with Crippen molar-refractivity contribution >= 4 is 10.9 Å². The van der Waals surface area contributed by atoms with Crippen LogP contribution in [0.4, 0.5) is 0 Å². The largest absolute Gasteiger partial charge is 0.494 e. The minimum Gasteiger partial charge on any atom is -0.494 e. The molecule has 7 nitrogen and oxygen atoms in total. The van der Waals surface area contributed by atoms with E-state index in [0.29, 0.717) is 6.61 Å². The van der Waals surface area contributed by atoms with Gasteiger partial charge in [0, 0.05) is 23.4 Å². The first kappa shape index (κ1) is 15.2. The van der Waals surface area contributed by atoms with Crippen molar-refractivity contribution < 1.29 is 4.74 Å². The van der Waals surface area contributed by atoms with Crippen molar-refractivity contribution in [3.05, 3.63) is 46.5 Å². The van der Waals surface area contributed by atoms with Gasteiger partial charge in [-0.15, -0.1) is 5.10 Å². The maximum atomic E-state index is 11.3. The maximum Gasteiger partial charge on any atom is 0.248 e. The molecule has 0 bridgehead atoms. The molecule has 1 aromatic carbocycles. The van der Waals surface area contributed by atoms with Crippen LogP contribution in [0.2, 0.25) is 0 Å². The summed E-state index contributed by atoms with van der Waals surface area (Å²) in [6, 6.07) is 9.18. The summed E-state index contributed by atoms with van der Waals surface area (Å²) in [4.78, 5) is 14.0. The Kier molecular flexibility index (Phi) is 4.36. The van der Waals surface area contributed by atoms with Crippen molar-refractivity contribution in [2.75, 3.05) is 6.61 Å². The number of H-pyrrole nitrogens is 1. The zero-order valence-electron chi connectivity index (χ0n) is 13.2. The number of fused-ring (bicyclic) bond motifs is 1. The third-order valence-corrected chi connectivity index (χ3v) is 3.56. The Morgan fingerprint density at radius 1 is 1.26 bits per heavy atom. The lowest BCUT2D eigenvalue weighted by molar-refractivity contribution is 0.308. The summed E-state index contributed by atoms with van der Waals surface area (Å²) >= 11 is 0. The summed E-state index contributed by atoms with van der Waals surface area (Å²) in [5.41, 5.74) is 0.704. The van der Waals surface area contributed by atoms with Gasteiger partial charge in [-0.25, -0.2) is 4.68 Å². The lowest BCUT2D eigenvalue weighted by Gasteiger charge is -2.09. The van der Waals surface area contributed by atoms with E-state index < -0.39 is 0 Å². The fraction of sp³-hybridized carbons (Fsp3) is 0.375. The number of hydrogen-bond donors (Lipinski definition) is 1. The summed E-state index contributed by atoms with van der Waals surface area (Å²) in [6.07, 6.45) is 1.60. The molecule has 0 spiro atoms. The molecule has 3 aromatic rings. The van der Waals surface area contributed by atoms with E-state index in [1.54, 1.807) is 6.07 Å². The van der Waals surface area contributed by atoms with Gasteiger partial charge < -0.3 is 9.72 Å². The Bertz CT molecular complexity index is 853. The second-order valence-corrected chi connectivity index (χ2v) is 5.66. The van der Waals surface area contributed by atoms with Crippen LogP contribution in [0.3, 0.4) is 0 Å². The van der Waals surface area contributed by atoms with Crippen molar-refractivity contribution in [3.8, 4) is 5.75 Å². The molecule has 0 radical (unpaired) electrons. The quantitative estimate of drug-likeness (QED) is 0.704. The molecule has 2 aromatic heterocycles. The van der Waals surface area contributed by atoms with E-state index in [9.17, 15) is 4.79 Å². The van der Waals surface area contributed by atoms with Gasteiger partial charge in [0.15, 0.2) is 5.82 Å². The van der Waals surface area contributed by atoms with Crippen molar-refractivity contribution in [1.29, 1.82) is 0 Å². The average molecular weight is 313 g/mol. The SMILES string of the molecule is CC(C)n1nnnc1CCCOc1ccc2[nH]c(=O)ccc2c1. The first-order valence-electron chi connectivity index (χ1n) is 7.66. The first-order valence-corrected chi connectivity index (χ1v) is 7.66. The molecule has 0 aliphatic carbocycles. The molecule has 7 heteroatoms. The summed E-state index contributed by atoms with van der Waals surface area (Å²) in [6.45, 7) is 4.69. The highest BCUT2D eigenvalue weighted by Gasteiger charge is 2.08. The van der Waals surface area contributed by atoms with E-state index in [0.717, 1.165) is 35.3 Å².